The van der Waals surface area contributed by atoms with Crippen molar-refractivity contribution < 1.29 is 0 Å². The average molecular weight is 696 g/mol. The molecule has 4 aliphatic rings. The molecule has 0 saturated heterocycles. The van der Waals surface area contributed by atoms with Gasteiger partial charge in [-0.25, -0.2) is 0 Å². The maximum Gasteiger partial charge on any atom is 0.0497 e. The van der Waals surface area contributed by atoms with E-state index >= 15 is 0 Å². The summed E-state index contributed by atoms with van der Waals surface area (Å²) in [5.41, 5.74) is 9.37. The van der Waals surface area contributed by atoms with E-state index in [2.05, 4.69) is 191 Å². The van der Waals surface area contributed by atoms with Crippen LogP contribution in [0.1, 0.15) is 72.3 Å². The number of hydrogen-bond acceptors (Lipinski definition) is 1. The highest BCUT2D eigenvalue weighted by molar-refractivity contribution is 5.96. The Labute approximate surface area is 319 Å². The minimum absolute atomic E-state index is 0.137. The van der Waals surface area contributed by atoms with E-state index in [0.29, 0.717) is 29.1 Å². The fourth-order valence-corrected chi connectivity index (χ4v) is 10.6. The van der Waals surface area contributed by atoms with E-state index in [-0.39, 0.29) is 6.04 Å². The van der Waals surface area contributed by atoms with Gasteiger partial charge in [0.25, 0.3) is 0 Å². The highest BCUT2D eigenvalue weighted by Gasteiger charge is 2.53. The zero-order chi connectivity index (χ0) is 36.5. The van der Waals surface area contributed by atoms with E-state index in [9.17, 15) is 0 Å². The van der Waals surface area contributed by atoms with Crippen LogP contribution in [0.25, 0.3) is 27.5 Å². The van der Waals surface area contributed by atoms with Crippen molar-refractivity contribution in [2.45, 2.75) is 72.8 Å². The van der Waals surface area contributed by atoms with Crippen LogP contribution in [0.4, 0.5) is 5.69 Å². The van der Waals surface area contributed by atoms with Crippen molar-refractivity contribution >= 4 is 22.0 Å². The van der Waals surface area contributed by atoms with Gasteiger partial charge in [-0.1, -0.05) is 174 Å². The molecule has 2 fully saturated rings. The second-order valence-corrected chi connectivity index (χ2v) is 16.8. The zero-order valence-electron chi connectivity index (χ0n) is 32.5. The molecule has 0 aromatic heterocycles. The number of anilines is 1. The van der Waals surface area contributed by atoms with Crippen LogP contribution in [0.5, 0.6) is 0 Å². The van der Waals surface area contributed by atoms with Crippen LogP contribution >= 0.6 is 0 Å². The first kappa shape index (κ1) is 35.4. The third-order valence-corrected chi connectivity index (χ3v) is 13.4. The van der Waals surface area contributed by atoms with Gasteiger partial charge in [-0.15, -0.1) is 0 Å². The van der Waals surface area contributed by atoms with Gasteiger partial charge in [0.15, 0.2) is 0 Å². The van der Waals surface area contributed by atoms with E-state index < -0.39 is 0 Å². The third-order valence-electron chi connectivity index (χ3n) is 13.4. The topological polar surface area (TPSA) is 3.24 Å². The van der Waals surface area contributed by atoms with Gasteiger partial charge in [0.05, 0.1) is 0 Å². The first-order chi connectivity index (χ1) is 25.8. The van der Waals surface area contributed by atoms with E-state index in [0.717, 1.165) is 11.8 Å². The monoisotopic (exact) mass is 695 g/mol. The lowest BCUT2D eigenvalue weighted by Crippen LogP contribution is -2.32. The van der Waals surface area contributed by atoms with Crippen LogP contribution in [0.15, 0.2) is 163 Å². The van der Waals surface area contributed by atoms with Gasteiger partial charge in [-0.3, -0.25) is 0 Å². The minimum atomic E-state index is 0.137. The molecule has 1 heteroatoms. The molecule has 4 aliphatic carbocycles. The van der Waals surface area contributed by atoms with Crippen LogP contribution in [0.2, 0.25) is 0 Å². The molecule has 0 amide bonds. The Bertz CT molecular complexity index is 2100. The van der Waals surface area contributed by atoms with Crippen LogP contribution in [-0.4, -0.2) is 6.04 Å². The summed E-state index contributed by atoms with van der Waals surface area (Å²) < 4.78 is 0. The molecule has 0 spiro atoms. The summed E-state index contributed by atoms with van der Waals surface area (Å²) in [6, 6.07) is 35.4. The zero-order valence-corrected chi connectivity index (χ0v) is 32.5. The molecule has 0 bridgehead atoms. The lowest BCUT2D eigenvalue weighted by Gasteiger charge is -2.37. The minimum Gasteiger partial charge on any atom is -0.335 e. The van der Waals surface area contributed by atoms with Crippen LogP contribution in [0.3, 0.4) is 0 Å². The van der Waals surface area contributed by atoms with Gasteiger partial charge in [-0.05, 0) is 119 Å². The van der Waals surface area contributed by atoms with E-state index in [4.69, 9.17) is 0 Å². The predicted molar refractivity (Wildman–Crippen MR) is 228 cm³/mol. The number of hydrogen-bond donors (Lipinski definition) is 0. The molecule has 8 rings (SSSR count). The van der Waals surface area contributed by atoms with Crippen molar-refractivity contribution in [1.29, 1.82) is 0 Å². The van der Waals surface area contributed by atoms with Crippen molar-refractivity contribution in [3.8, 4) is 11.1 Å². The Morgan fingerprint density at radius 1 is 0.792 bits per heavy atom. The number of allylic oxidation sites excluding steroid dienone is 10. The largest absolute Gasteiger partial charge is 0.335 e. The molecule has 7 unspecified atom stereocenters. The molecule has 0 aliphatic heterocycles. The molecular formula is C52H57N. The highest BCUT2D eigenvalue weighted by Crippen LogP contribution is 2.61. The van der Waals surface area contributed by atoms with Gasteiger partial charge >= 0.3 is 0 Å². The fourth-order valence-electron chi connectivity index (χ4n) is 10.6. The molecule has 270 valence electrons. The highest BCUT2D eigenvalue weighted by atomic mass is 15.2. The Morgan fingerprint density at radius 2 is 1.55 bits per heavy atom. The molecule has 1 nitrogen and oxygen atoms in total. The molecular weight excluding hydrogens is 639 g/mol. The lowest BCUT2D eigenvalue weighted by atomic mass is 9.69. The molecule has 4 aromatic carbocycles. The second-order valence-electron chi connectivity index (χ2n) is 16.8. The van der Waals surface area contributed by atoms with Crippen molar-refractivity contribution in [1.82, 2.24) is 0 Å². The van der Waals surface area contributed by atoms with Crippen LogP contribution in [0, 0.1) is 40.9 Å². The van der Waals surface area contributed by atoms with Gasteiger partial charge in [0.1, 0.15) is 0 Å². The molecule has 0 N–H and O–H groups in total. The second kappa shape index (κ2) is 15.0. The van der Waals surface area contributed by atoms with E-state index in [1.54, 1.807) is 0 Å². The van der Waals surface area contributed by atoms with Crippen LogP contribution < -0.4 is 4.90 Å². The van der Waals surface area contributed by atoms with Crippen molar-refractivity contribution in [2.75, 3.05) is 4.90 Å². The number of rotatable bonds is 8. The van der Waals surface area contributed by atoms with Gasteiger partial charge in [0, 0.05) is 23.3 Å². The SMILES string of the molecule is C/C=C(\C=C/C(C)N(C1=CC(C)C(C2=CC3C(C=C2)C2CCCCCC2C3(C)C)C=C1)c1ccc(-c2cccc3ccccc23)cc1)c1ccccc1. The summed E-state index contributed by atoms with van der Waals surface area (Å²) in [6.45, 7) is 12.1. The Hall–Kier alpha value is -4.62. The summed E-state index contributed by atoms with van der Waals surface area (Å²) >= 11 is 0. The van der Waals surface area contributed by atoms with Crippen LogP contribution in [-0.2, 0) is 0 Å². The molecule has 0 radical (unpaired) electrons. The normalized spacial score (nSPS) is 27.2. The molecule has 53 heavy (non-hydrogen) atoms. The quantitative estimate of drug-likeness (QED) is 0.166. The van der Waals surface area contributed by atoms with Crippen molar-refractivity contribution in [2.24, 2.45) is 40.9 Å². The van der Waals surface area contributed by atoms with E-state index in [1.165, 1.54) is 82.1 Å². The smallest absolute Gasteiger partial charge is 0.0497 e. The van der Waals surface area contributed by atoms with Gasteiger partial charge in [0.2, 0.25) is 0 Å². The molecule has 4 aromatic rings. The van der Waals surface area contributed by atoms with E-state index in [1.807, 2.05) is 0 Å². The summed E-state index contributed by atoms with van der Waals surface area (Å²) in [4.78, 5) is 2.53. The summed E-state index contributed by atoms with van der Waals surface area (Å²) in [7, 11) is 0. The first-order valence-corrected chi connectivity index (χ1v) is 20.4. The lowest BCUT2D eigenvalue weighted by molar-refractivity contribution is 0.179. The Kier molecular flexibility index (Phi) is 10.0. The summed E-state index contributed by atoms with van der Waals surface area (Å²) in [5.74, 6) is 3.86. The third kappa shape index (κ3) is 6.85. The Morgan fingerprint density at radius 3 is 2.34 bits per heavy atom. The Balaban J connectivity index is 1.10. The number of fused-ring (bicyclic) bond motifs is 4. The predicted octanol–water partition coefficient (Wildman–Crippen LogP) is 14.0. The standard InChI is InChI=1S/C52H57N/c1-6-38(39-16-9-7-10-17-39)25-24-37(3)53(43-29-26-41(27-30-43)47-22-15-19-40-18-13-14-20-46(40)47)44-31-33-45(36(2)34-44)42-28-32-49-48-21-11-8-12-23-50(48)52(4,5)51(49)35-42/h6-7,9-10,13-20,22,24-37,45,48-51H,8,11-12,21,23H2,1-5H3/b25-24-,38-6+. The van der Waals surface area contributed by atoms with Crippen molar-refractivity contribution in [3.05, 3.63) is 169 Å². The first-order valence-electron chi connectivity index (χ1n) is 20.4. The maximum atomic E-state index is 2.72. The average Bonchev–Trinajstić information content (AvgIpc) is 3.32. The van der Waals surface area contributed by atoms with Gasteiger partial charge < -0.3 is 4.90 Å². The summed E-state index contributed by atoms with van der Waals surface area (Å²) in [5, 5.41) is 2.57. The molecule has 7 atom stereocenters. The molecule has 2 saturated carbocycles. The number of benzene rings is 4. The molecule has 0 heterocycles. The maximum absolute atomic E-state index is 2.72. The fraction of sp³-hybridized carbons (Fsp3) is 0.346. The summed E-state index contributed by atoms with van der Waals surface area (Å²) in [6.07, 6.45) is 29.3. The number of nitrogens with zero attached hydrogens (tertiary/aromatic N) is 1. The van der Waals surface area contributed by atoms with Crippen molar-refractivity contribution in [3.63, 3.8) is 0 Å². The van der Waals surface area contributed by atoms with Gasteiger partial charge in [-0.2, -0.15) is 0 Å².